The Morgan fingerprint density at radius 1 is 1.17 bits per heavy atom. The topological polar surface area (TPSA) is 115 Å². The Balaban J connectivity index is 1.51. The maximum Gasteiger partial charge on any atom is 0.335 e. The minimum absolute atomic E-state index is 0.110. The van der Waals surface area contributed by atoms with Crippen LogP contribution in [0.2, 0.25) is 0 Å². The molecule has 2 aromatic heterocycles. The summed E-state index contributed by atoms with van der Waals surface area (Å²) >= 11 is 1.30. The highest BCUT2D eigenvalue weighted by atomic mass is 32.1. The maximum atomic E-state index is 12.0. The minimum atomic E-state index is -1.02. The molecule has 8 nitrogen and oxygen atoms in total. The molecule has 0 fully saturated rings. The van der Waals surface area contributed by atoms with Gasteiger partial charge in [-0.15, -0.1) is 0 Å². The maximum absolute atomic E-state index is 12.0. The van der Waals surface area contributed by atoms with Gasteiger partial charge in [-0.2, -0.15) is 0 Å². The molecule has 2 heterocycles. The highest BCUT2D eigenvalue weighted by molar-refractivity contribution is 7.16. The summed E-state index contributed by atoms with van der Waals surface area (Å²) in [5, 5.41) is 12.0. The zero-order valence-corrected chi connectivity index (χ0v) is 17.5. The fourth-order valence-electron chi connectivity index (χ4n) is 2.28. The lowest BCUT2D eigenvalue weighted by atomic mass is 9.94. The molecule has 0 spiro atoms. The molecule has 30 heavy (non-hydrogen) atoms. The number of carbonyl (C=O) groups excluding carboxylic acids is 1. The number of anilines is 1. The number of aromatic carboxylic acids is 1. The number of rotatable bonds is 7. The van der Waals surface area contributed by atoms with Crippen molar-refractivity contribution in [2.75, 3.05) is 11.9 Å². The number of nitrogens with one attached hydrogen (secondary N) is 1. The van der Waals surface area contributed by atoms with Gasteiger partial charge in [0.05, 0.1) is 11.8 Å². The molecule has 9 heteroatoms. The Hall–Kier alpha value is -3.46. The second kappa shape index (κ2) is 8.91. The molecule has 0 aliphatic heterocycles. The SMILES string of the molecule is CC(C)(C)c1cnc(/C=C/c2cnc(NC(=O)COc3ccc(C(=O)O)cc3)s2)o1. The molecule has 156 valence electrons. The summed E-state index contributed by atoms with van der Waals surface area (Å²) in [4.78, 5) is 32.1. The average Bonchev–Trinajstić information content (AvgIpc) is 3.34. The monoisotopic (exact) mass is 427 g/mol. The first-order chi connectivity index (χ1) is 14.2. The third-order valence-corrected chi connectivity index (χ3v) is 4.77. The molecule has 0 saturated carbocycles. The third kappa shape index (κ3) is 5.77. The zero-order chi connectivity index (χ0) is 21.7. The van der Waals surface area contributed by atoms with Crippen LogP contribution < -0.4 is 10.1 Å². The van der Waals surface area contributed by atoms with Crippen LogP contribution in [0.1, 0.15) is 47.7 Å². The Morgan fingerprint density at radius 2 is 1.90 bits per heavy atom. The van der Waals surface area contributed by atoms with Gasteiger partial charge < -0.3 is 14.3 Å². The van der Waals surface area contributed by atoms with Crippen molar-refractivity contribution in [3.63, 3.8) is 0 Å². The number of aromatic nitrogens is 2. The van der Waals surface area contributed by atoms with Crippen molar-refractivity contribution in [1.82, 2.24) is 9.97 Å². The minimum Gasteiger partial charge on any atom is -0.484 e. The quantitative estimate of drug-likeness (QED) is 0.577. The third-order valence-electron chi connectivity index (χ3n) is 3.89. The van der Waals surface area contributed by atoms with Gasteiger partial charge in [-0.25, -0.2) is 14.8 Å². The highest BCUT2D eigenvalue weighted by Gasteiger charge is 2.18. The van der Waals surface area contributed by atoms with E-state index in [1.807, 2.05) is 26.8 Å². The van der Waals surface area contributed by atoms with Gasteiger partial charge in [0.1, 0.15) is 11.5 Å². The molecule has 0 aliphatic rings. The number of oxazole rings is 1. The Labute approximate surface area is 177 Å². The number of amides is 1. The van der Waals surface area contributed by atoms with Crippen molar-refractivity contribution in [1.29, 1.82) is 0 Å². The number of carboxylic acids is 1. The second-order valence-electron chi connectivity index (χ2n) is 7.38. The summed E-state index contributed by atoms with van der Waals surface area (Å²) in [5.74, 6) is 0.312. The first-order valence-corrected chi connectivity index (χ1v) is 9.88. The fourth-order valence-corrected chi connectivity index (χ4v) is 3.02. The van der Waals surface area contributed by atoms with E-state index in [0.717, 1.165) is 10.6 Å². The molecule has 1 amide bonds. The molecule has 0 radical (unpaired) electrons. The van der Waals surface area contributed by atoms with Crippen LogP contribution in [0.3, 0.4) is 0 Å². The summed E-state index contributed by atoms with van der Waals surface area (Å²) in [5.41, 5.74) is 0.0380. The average molecular weight is 427 g/mol. The normalized spacial score (nSPS) is 11.6. The molecule has 0 aliphatic carbocycles. The Bertz CT molecular complexity index is 1060. The number of carbonyl (C=O) groups is 2. The van der Waals surface area contributed by atoms with Gasteiger partial charge in [0.2, 0.25) is 5.89 Å². The van der Waals surface area contributed by atoms with Gasteiger partial charge in [0, 0.05) is 22.6 Å². The van der Waals surface area contributed by atoms with E-state index >= 15 is 0 Å². The van der Waals surface area contributed by atoms with Crippen molar-refractivity contribution in [3.8, 4) is 5.75 Å². The van der Waals surface area contributed by atoms with Gasteiger partial charge in [-0.05, 0) is 30.3 Å². The second-order valence-corrected chi connectivity index (χ2v) is 8.44. The lowest BCUT2D eigenvalue weighted by molar-refractivity contribution is -0.118. The van der Waals surface area contributed by atoms with Gasteiger partial charge in [0.15, 0.2) is 11.7 Å². The molecule has 2 N–H and O–H groups in total. The van der Waals surface area contributed by atoms with Crippen molar-refractivity contribution in [2.24, 2.45) is 0 Å². The lowest BCUT2D eigenvalue weighted by Crippen LogP contribution is -2.20. The molecular weight excluding hydrogens is 406 g/mol. The standard InChI is InChI=1S/C21H21N3O5S/c1-21(2,3)16-11-22-18(29-16)9-8-15-10-23-20(30-15)24-17(25)12-28-14-6-4-13(5-7-14)19(26)27/h4-11H,12H2,1-3H3,(H,26,27)(H,23,24,25)/b9-8+. The molecule has 0 atom stereocenters. The summed E-state index contributed by atoms with van der Waals surface area (Å²) in [7, 11) is 0. The number of hydrogen-bond donors (Lipinski definition) is 2. The molecule has 3 rings (SSSR count). The van der Waals surface area contributed by atoms with E-state index in [1.54, 1.807) is 18.5 Å². The molecular formula is C21H21N3O5S. The van der Waals surface area contributed by atoms with Crippen LogP contribution in [0.4, 0.5) is 5.13 Å². The predicted molar refractivity (Wildman–Crippen MR) is 114 cm³/mol. The van der Waals surface area contributed by atoms with Crippen LogP contribution >= 0.6 is 11.3 Å². The van der Waals surface area contributed by atoms with E-state index in [2.05, 4.69) is 15.3 Å². The largest absolute Gasteiger partial charge is 0.484 e. The molecule has 0 bridgehead atoms. The first-order valence-electron chi connectivity index (χ1n) is 9.07. The van der Waals surface area contributed by atoms with E-state index in [-0.39, 0.29) is 23.5 Å². The number of benzene rings is 1. The lowest BCUT2D eigenvalue weighted by Gasteiger charge is -2.12. The van der Waals surface area contributed by atoms with Crippen LogP contribution in [0, 0.1) is 0 Å². The number of carboxylic acid groups (broad SMARTS) is 1. The molecule has 0 saturated heterocycles. The predicted octanol–water partition coefficient (Wildman–Crippen LogP) is 4.31. The fraction of sp³-hybridized carbons (Fsp3) is 0.238. The summed E-state index contributed by atoms with van der Waals surface area (Å²) in [6, 6.07) is 5.81. The van der Waals surface area contributed by atoms with E-state index in [4.69, 9.17) is 14.3 Å². The summed E-state index contributed by atoms with van der Waals surface area (Å²) in [6.45, 7) is 5.93. The highest BCUT2D eigenvalue weighted by Crippen LogP contribution is 2.24. The summed E-state index contributed by atoms with van der Waals surface area (Å²) in [6.07, 6.45) is 6.91. The smallest absolute Gasteiger partial charge is 0.335 e. The van der Waals surface area contributed by atoms with Crippen LogP contribution in [0.5, 0.6) is 5.75 Å². The van der Waals surface area contributed by atoms with Gasteiger partial charge in [-0.3, -0.25) is 10.1 Å². The van der Waals surface area contributed by atoms with Gasteiger partial charge >= 0.3 is 5.97 Å². The van der Waals surface area contributed by atoms with Crippen LogP contribution in [0.25, 0.3) is 12.2 Å². The van der Waals surface area contributed by atoms with E-state index in [9.17, 15) is 9.59 Å². The van der Waals surface area contributed by atoms with Crippen LogP contribution in [-0.2, 0) is 10.2 Å². The number of thiazole rings is 1. The number of hydrogen-bond acceptors (Lipinski definition) is 7. The van der Waals surface area contributed by atoms with E-state index in [0.29, 0.717) is 16.8 Å². The van der Waals surface area contributed by atoms with E-state index < -0.39 is 5.97 Å². The van der Waals surface area contributed by atoms with Crippen LogP contribution in [0.15, 0.2) is 41.1 Å². The van der Waals surface area contributed by atoms with E-state index in [1.165, 1.54) is 35.6 Å². The Morgan fingerprint density at radius 3 is 2.53 bits per heavy atom. The summed E-state index contributed by atoms with van der Waals surface area (Å²) < 4.78 is 11.1. The molecule has 1 aromatic carbocycles. The number of ether oxygens (including phenoxy) is 1. The van der Waals surface area contributed by atoms with Crippen molar-refractivity contribution >= 4 is 40.5 Å². The molecule has 3 aromatic rings. The van der Waals surface area contributed by atoms with Gasteiger partial charge in [0.25, 0.3) is 5.91 Å². The van der Waals surface area contributed by atoms with Crippen molar-refractivity contribution < 1.29 is 23.8 Å². The van der Waals surface area contributed by atoms with Gasteiger partial charge in [-0.1, -0.05) is 32.1 Å². The zero-order valence-electron chi connectivity index (χ0n) is 16.7. The van der Waals surface area contributed by atoms with Crippen LogP contribution in [-0.4, -0.2) is 33.6 Å². The van der Waals surface area contributed by atoms with Crippen molar-refractivity contribution in [3.05, 3.63) is 58.8 Å². The number of nitrogens with zero attached hydrogens (tertiary/aromatic N) is 2. The van der Waals surface area contributed by atoms with Crippen molar-refractivity contribution in [2.45, 2.75) is 26.2 Å². The first kappa shape index (κ1) is 21.3. The molecule has 0 unspecified atom stereocenters. The Kier molecular flexibility index (Phi) is 6.31.